The van der Waals surface area contributed by atoms with E-state index in [1.807, 2.05) is 23.1 Å². The van der Waals surface area contributed by atoms with E-state index < -0.39 is 0 Å². The van der Waals surface area contributed by atoms with E-state index in [1.54, 1.807) is 0 Å². The Labute approximate surface area is 156 Å². The molecule has 0 bridgehead atoms. The van der Waals surface area contributed by atoms with Crippen molar-refractivity contribution >= 4 is 11.9 Å². The number of carbonyl (C=O) groups excluding carboxylic acids is 2. The number of urea groups is 1. The maximum Gasteiger partial charge on any atom is 0.317 e. The zero-order valence-corrected chi connectivity index (χ0v) is 15.6. The van der Waals surface area contributed by atoms with Crippen molar-refractivity contribution in [3.8, 4) is 0 Å². The Morgan fingerprint density at radius 2 is 1.73 bits per heavy atom. The van der Waals surface area contributed by atoms with Crippen LogP contribution < -0.4 is 10.6 Å². The van der Waals surface area contributed by atoms with Crippen LogP contribution in [-0.2, 0) is 11.2 Å². The summed E-state index contributed by atoms with van der Waals surface area (Å²) in [6.45, 7) is 2.78. The van der Waals surface area contributed by atoms with Crippen LogP contribution in [0.4, 0.5) is 4.79 Å². The van der Waals surface area contributed by atoms with Crippen molar-refractivity contribution in [1.29, 1.82) is 0 Å². The summed E-state index contributed by atoms with van der Waals surface area (Å²) in [5.74, 6) is 1.50. The highest BCUT2D eigenvalue weighted by Crippen LogP contribution is 2.35. The molecular formula is C21H31N3O2. The van der Waals surface area contributed by atoms with E-state index in [4.69, 9.17) is 0 Å². The number of rotatable bonds is 6. The van der Waals surface area contributed by atoms with Gasteiger partial charge in [-0.3, -0.25) is 4.79 Å². The second kappa shape index (κ2) is 9.60. The fraction of sp³-hybridized carbons (Fsp3) is 0.619. The van der Waals surface area contributed by atoms with E-state index in [0.717, 1.165) is 31.8 Å². The van der Waals surface area contributed by atoms with Crippen LogP contribution in [0.5, 0.6) is 0 Å². The smallest absolute Gasteiger partial charge is 0.317 e. The Balaban J connectivity index is 1.29. The molecule has 0 aromatic heterocycles. The van der Waals surface area contributed by atoms with Gasteiger partial charge in [0.15, 0.2) is 0 Å². The van der Waals surface area contributed by atoms with Gasteiger partial charge in [-0.05, 0) is 36.7 Å². The van der Waals surface area contributed by atoms with Gasteiger partial charge in [0, 0.05) is 32.6 Å². The molecule has 2 N–H and O–H groups in total. The summed E-state index contributed by atoms with van der Waals surface area (Å²) >= 11 is 0. The van der Waals surface area contributed by atoms with Gasteiger partial charge in [0.05, 0.1) is 0 Å². The number of benzene rings is 1. The Morgan fingerprint density at radius 3 is 2.54 bits per heavy atom. The Bertz CT molecular complexity index is 590. The first-order valence-electron chi connectivity index (χ1n) is 10.1. The van der Waals surface area contributed by atoms with E-state index in [1.165, 1.54) is 31.2 Å². The zero-order chi connectivity index (χ0) is 18.2. The van der Waals surface area contributed by atoms with Crippen molar-refractivity contribution in [3.05, 3.63) is 35.9 Å². The molecule has 2 unspecified atom stereocenters. The minimum atomic E-state index is -0.00823. The van der Waals surface area contributed by atoms with Crippen LogP contribution in [0.1, 0.15) is 44.1 Å². The molecule has 3 rings (SSSR count). The van der Waals surface area contributed by atoms with Gasteiger partial charge in [-0.1, -0.05) is 49.6 Å². The van der Waals surface area contributed by atoms with Gasteiger partial charge in [-0.15, -0.1) is 0 Å². The Hall–Kier alpha value is -2.04. The fourth-order valence-electron chi connectivity index (χ4n) is 4.26. The van der Waals surface area contributed by atoms with Crippen LogP contribution in [0.3, 0.4) is 0 Å². The summed E-state index contributed by atoms with van der Waals surface area (Å²) in [6.07, 6.45) is 7.56. The first kappa shape index (κ1) is 18.7. The van der Waals surface area contributed by atoms with Crippen molar-refractivity contribution < 1.29 is 9.59 Å². The van der Waals surface area contributed by atoms with Crippen LogP contribution in [0.2, 0.25) is 0 Å². The topological polar surface area (TPSA) is 61.4 Å². The lowest BCUT2D eigenvalue weighted by Gasteiger charge is -2.41. The van der Waals surface area contributed by atoms with Crippen LogP contribution >= 0.6 is 0 Å². The number of hydrogen-bond acceptors (Lipinski definition) is 2. The minimum Gasteiger partial charge on any atom is -0.356 e. The molecule has 3 amide bonds. The van der Waals surface area contributed by atoms with Gasteiger partial charge in [0.25, 0.3) is 0 Å². The minimum absolute atomic E-state index is 0.00720. The first-order valence-corrected chi connectivity index (χ1v) is 10.1. The molecule has 2 fully saturated rings. The van der Waals surface area contributed by atoms with Crippen molar-refractivity contribution in [2.45, 2.75) is 44.9 Å². The SMILES string of the molecule is O=C(CCNC(=O)N1CCC2CCCCC2C1)NCCc1ccccc1. The molecule has 142 valence electrons. The highest BCUT2D eigenvalue weighted by molar-refractivity contribution is 5.78. The van der Waals surface area contributed by atoms with Gasteiger partial charge in [0.1, 0.15) is 0 Å². The lowest BCUT2D eigenvalue weighted by molar-refractivity contribution is -0.120. The van der Waals surface area contributed by atoms with Gasteiger partial charge < -0.3 is 15.5 Å². The molecule has 5 heteroatoms. The number of amides is 3. The molecular weight excluding hydrogens is 326 g/mol. The Kier molecular flexibility index (Phi) is 6.92. The zero-order valence-electron chi connectivity index (χ0n) is 15.6. The molecule has 0 spiro atoms. The number of nitrogens with one attached hydrogen (secondary N) is 2. The van der Waals surface area contributed by atoms with Crippen molar-refractivity contribution in [2.24, 2.45) is 11.8 Å². The quantitative estimate of drug-likeness (QED) is 0.822. The van der Waals surface area contributed by atoms with E-state index in [0.29, 0.717) is 25.4 Å². The second-order valence-electron chi connectivity index (χ2n) is 7.61. The maximum atomic E-state index is 12.3. The van der Waals surface area contributed by atoms with Crippen LogP contribution in [0.15, 0.2) is 30.3 Å². The summed E-state index contributed by atoms with van der Waals surface area (Å²) in [5.41, 5.74) is 1.22. The molecule has 2 aliphatic rings. The fourth-order valence-corrected chi connectivity index (χ4v) is 4.26. The van der Waals surface area contributed by atoms with E-state index >= 15 is 0 Å². The lowest BCUT2D eigenvalue weighted by atomic mass is 9.75. The summed E-state index contributed by atoms with van der Waals surface area (Å²) < 4.78 is 0. The van der Waals surface area contributed by atoms with Crippen LogP contribution in [0, 0.1) is 11.8 Å². The molecule has 1 heterocycles. The number of fused-ring (bicyclic) bond motifs is 1. The molecule has 1 aromatic rings. The van der Waals surface area contributed by atoms with Crippen molar-refractivity contribution in [2.75, 3.05) is 26.2 Å². The molecule has 2 atom stereocenters. The number of nitrogens with zero attached hydrogens (tertiary/aromatic N) is 1. The van der Waals surface area contributed by atoms with Crippen LogP contribution in [-0.4, -0.2) is 43.0 Å². The molecule has 1 aliphatic heterocycles. The molecule has 1 saturated carbocycles. The summed E-state index contributed by atoms with van der Waals surface area (Å²) in [5, 5.41) is 5.83. The van der Waals surface area contributed by atoms with Gasteiger partial charge in [-0.25, -0.2) is 4.79 Å². The molecule has 26 heavy (non-hydrogen) atoms. The summed E-state index contributed by atoms with van der Waals surface area (Å²) in [4.78, 5) is 26.2. The predicted molar refractivity (Wildman–Crippen MR) is 103 cm³/mol. The average molecular weight is 357 g/mol. The van der Waals surface area contributed by atoms with Gasteiger partial charge in [-0.2, -0.15) is 0 Å². The first-order chi connectivity index (χ1) is 12.7. The Morgan fingerprint density at radius 1 is 0.962 bits per heavy atom. The predicted octanol–water partition coefficient (Wildman–Crippen LogP) is 2.96. The maximum absolute atomic E-state index is 12.3. The van der Waals surface area contributed by atoms with Gasteiger partial charge in [0.2, 0.25) is 5.91 Å². The van der Waals surface area contributed by atoms with Crippen molar-refractivity contribution in [1.82, 2.24) is 15.5 Å². The normalized spacial score (nSPS) is 22.4. The van der Waals surface area contributed by atoms with E-state index in [-0.39, 0.29) is 11.9 Å². The average Bonchev–Trinajstić information content (AvgIpc) is 2.68. The van der Waals surface area contributed by atoms with Gasteiger partial charge >= 0.3 is 6.03 Å². The second-order valence-corrected chi connectivity index (χ2v) is 7.61. The summed E-state index contributed by atoms with van der Waals surface area (Å²) in [6, 6.07) is 10.1. The largest absolute Gasteiger partial charge is 0.356 e. The molecule has 1 aliphatic carbocycles. The highest BCUT2D eigenvalue weighted by Gasteiger charge is 2.32. The lowest BCUT2D eigenvalue weighted by Crippen LogP contribution is -2.49. The van der Waals surface area contributed by atoms with Crippen LogP contribution in [0.25, 0.3) is 0 Å². The molecule has 1 saturated heterocycles. The standard InChI is InChI=1S/C21H31N3O2/c25-20(22-13-10-17-6-2-1-3-7-17)11-14-23-21(26)24-15-12-18-8-4-5-9-19(18)16-24/h1-3,6-7,18-19H,4-5,8-16H2,(H,22,25)(H,23,26). The molecule has 5 nitrogen and oxygen atoms in total. The third kappa shape index (κ3) is 5.48. The molecule has 0 radical (unpaired) electrons. The van der Waals surface area contributed by atoms with Crippen molar-refractivity contribution in [3.63, 3.8) is 0 Å². The molecule has 1 aromatic carbocycles. The third-order valence-electron chi connectivity index (χ3n) is 5.79. The number of hydrogen-bond donors (Lipinski definition) is 2. The number of likely N-dealkylation sites (tertiary alicyclic amines) is 1. The highest BCUT2D eigenvalue weighted by atomic mass is 16.2. The monoisotopic (exact) mass is 357 g/mol. The summed E-state index contributed by atoms with van der Waals surface area (Å²) in [7, 11) is 0. The number of piperidine rings is 1. The number of carbonyl (C=O) groups is 2. The van der Waals surface area contributed by atoms with E-state index in [2.05, 4.69) is 22.8 Å². The van der Waals surface area contributed by atoms with E-state index in [9.17, 15) is 9.59 Å². The third-order valence-corrected chi connectivity index (χ3v) is 5.79.